The molecule has 1 heterocycles. The minimum Gasteiger partial charge on any atom is -0.495 e. The van der Waals surface area contributed by atoms with Crippen molar-refractivity contribution in [1.29, 1.82) is 0 Å². The summed E-state index contributed by atoms with van der Waals surface area (Å²) >= 11 is 5.89. The number of aromatic nitrogens is 1. The summed E-state index contributed by atoms with van der Waals surface area (Å²) in [5, 5.41) is 3.22. The Bertz CT molecular complexity index is 929. The van der Waals surface area contributed by atoms with Gasteiger partial charge in [-0.2, -0.15) is 0 Å². The number of pyridine rings is 1. The Morgan fingerprint density at radius 2 is 2.08 bits per heavy atom. The van der Waals surface area contributed by atoms with Crippen LogP contribution in [-0.2, 0) is 16.6 Å². The number of ether oxygens (including phenoxy) is 1. The number of benzene rings is 1. The van der Waals surface area contributed by atoms with Crippen molar-refractivity contribution in [2.24, 2.45) is 0 Å². The lowest BCUT2D eigenvalue weighted by Gasteiger charge is -2.12. The van der Waals surface area contributed by atoms with E-state index in [0.717, 1.165) is 12.8 Å². The second-order valence-electron chi connectivity index (χ2n) is 5.91. The molecule has 0 saturated heterocycles. The maximum absolute atomic E-state index is 12.5. The topological polar surface area (TPSA) is 97.4 Å². The fraction of sp³-hybridized carbons (Fsp3) is 0.294. The van der Waals surface area contributed by atoms with Crippen molar-refractivity contribution in [3.8, 4) is 5.75 Å². The smallest absolute Gasteiger partial charge is 0.251 e. The molecule has 1 amide bonds. The van der Waals surface area contributed by atoms with Crippen molar-refractivity contribution in [1.82, 2.24) is 15.0 Å². The molecular weight excluding hydrogens is 378 g/mol. The third-order valence-electron chi connectivity index (χ3n) is 3.82. The number of carbonyl (C=O) groups is 1. The fourth-order valence-corrected chi connectivity index (χ4v) is 4.01. The summed E-state index contributed by atoms with van der Waals surface area (Å²) in [5.41, 5.74) is 0.812. The maximum Gasteiger partial charge on any atom is 0.251 e. The quantitative estimate of drug-likeness (QED) is 0.748. The van der Waals surface area contributed by atoms with Gasteiger partial charge < -0.3 is 10.1 Å². The molecule has 2 N–H and O–H groups in total. The van der Waals surface area contributed by atoms with Gasteiger partial charge in [0.15, 0.2) is 0 Å². The molecule has 0 aliphatic heterocycles. The first-order valence-corrected chi connectivity index (χ1v) is 9.84. The summed E-state index contributed by atoms with van der Waals surface area (Å²) in [6.45, 7) is 0.174. The third-order valence-corrected chi connectivity index (χ3v) is 5.60. The highest BCUT2D eigenvalue weighted by Crippen LogP contribution is 2.28. The second-order valence-corrected chi connectivity index (χ2v) is 8.03. The summed E-state index contributed by atoms with van der Waals surface area (Å²) in [7, 11) is -2.37. The highest BCUT2D eigenvalue weighted by Gasteiger charge is 2.30. The van der Waals surface area contributed by atoms with Crippen molar-refractivity contribution < 1.29 is 17.9 Å². The van der Waals surface area contributed by atoms with E-state index in [4.69, 9.17) is 16.3 Å². The molecule has 26 heavy (non-hydrogen) atoms. The van der Waals surface area contributed by atoms with Crippen LogP contribution in [0.25, 0.3) is 0 Å². The Balaban J connectivity index is 1.79. The van der Waals surface area contributed by atoms with E-state index in [1.54, 1.807) is 18.3 Å². The molecule has 9 heteroatoms. The maximum atomic E-state index is 12.5. The molecule has 1 aromatic heterocycles. The van der Waals surface area contributed by atoms with Crippen molar-refractivity contribution in [2.45, 2.75) is 30.3 Å². The van der Waals surface area contributed by atoms with Gasteiger partial charge in [-0.1, -0.05) is 11.6 Å². The standard InChI is InChI=1S/C17H18ClN3O4S/c1-25-15-5-2-11(8-16(15)26(23,24)21-13-3-4-13)17(22)20-10-14-9-12(18)6-7-19-14/h2,5-9,13,21H,3-4,10H2,1H3,(H,20,22). The average Bonchev–Trinajstić information content (AvgIpc) is 3.42. The normalized spacial score (nSPS) is 14.1. The zero-order valence-corrected chi connectivity index (χ0v) is 15.6. The van der Waals surface area contributed by atoms with Gasteiger partial charge in [-0.25, -0.2) is 13.1 Å². The predicted octanol–water partition coefficient (Wildman–Crippen LogP) is 2.11. The van der Waals surface area contributed by atoms with Crippen LogP contribution < -0.4 is 14.8 Å². The van der Waals surface area contributed by atoms with Crippen LogP contribution >= 0.6 is 11.6 Å². The van der Waals surface area contributed by atoms with E-state index in [0.29, 0.717) is 10.7 Å². The molecule has 1 aliphatic carbocycles. The van der Waals surface area contributed by atoms with Crippen LogP contribution in [0.5, 0.6) is 5.75 Å². The van der Waals surface area contributed by atoms with Crippen LogP contribution in [0.4, 0.5) is 0 Å². The molecule has 1 fully saturated rings. The number of sulfonamides is 1. The van der Waals surface area contributed by atoms with Gasteiger partial charge >= 0.3 is 0 Å². The molecule has 7 nitrogen and oxygen atoms in total. The Morgan fingerprint density at radius 1 is 1.31 bits per heavy atom. The third kappa shape index (κ3) is 4.51. The lowest BCUT2D eigenvalue weighted by molar-refractivity contribution is 0.0950. The number of amides is 1. The molecule has 2 aromatic rings. The highest BCUT2D eigenvalue weighted by atomic mass is 35.5. The van der Waals surface area contributed by atoms with E-state index in [2.05, 4.69) is 15.0 Å². The summed E-state index contributed by atoms with van der Waals surface area (Å²) in [5.74, 6) is -0.233. The van der Waals surface area contributed by atoms with Crippen molar-refractivity contribution >= 4 is 27.5 Å². The Morgan fingerprint density at radius 3 is 2.73 bits per heavy atom. The van der Waals surface area contributed by atoms with Gasteiger partial charge in [0.1, 0.15) is 10.6 Å². The van der Waals surface area contributed by atoms with Crippen molar-refractivity contribution in [3.05, 3.63) is 52.8 Å². The molecule has 1 saturated carbocycles. The lowest BCUT2D eigenvalue weighted by Crippen LogP contribution is -2.27. The summed E-state index contributed by atoms with van der Waals surface area (Å²) in [4.78, 5) is 16.4. The average molecular weight is 396 g/mol. The van der Waals surface area contributed by atoms with Crippen LogP contribution in [0.3, 0.4) is 0 Å². The van der Waals surface area contributed by atoms with E-state index in [-0.39, 0.29) is 28.8 Å². The van der Waals surface area contributed by atoms with Gasteiger partial charge in [-0.15, -0.1) is 0 Å². The SMILES string of the molecule is COc1ccc(C(=O)NCc2cc(Cl)ccn2)cc1S(=O)(=O)NC1CC1. The van der Waals surface area contributed by atoms with E-state index >= 15 is 0 Å². The highest BCUT2D eigenvalue weighted by molar-refractivity contribution is 7.89. The summed E-state index contributed by atoms with van der Waals surface area (Å²) in [6, 6.07) is 7.52. The molecular formula is C17H18ClN3O4S. The zero-order valence-electron chi connectivity index (χ0n) is 14.0. The first-order chi connectivity index (χ1) is 12.4. The van der Waals surface area contributed by atoms with Crippen molar-refractivity contribution in [2.75, 3.05) is 7.11 Å². The first kappa shape index (κ1) is 18.6. The Hall–Kier alpha value is -2.16. The summed E-state index contributed by atoms with van der Waals surface area (Å²) < 4.78 is 32.7. The molecule has 1 aromatic carbocycles. The van der Waals surface area contributed by atoms with Crippen LogP contribution in [0.1, 0.15) is 28.9 Å². The summed E-state index contributed by atoms with van der Waals surface area (Å²) in [6.07, 6.45) is 3.17. The van der Waals surface area contributed by atoms with Crippen LogP contribution in [0.2, 0.25) is 5.02 Å². The molecule has 0 radical (unpaired) electrons. The monoisotopic (exact) mass is 395 g/mol. The van der Waals surface area contributed by atoms with Crippen LogP contribution in [0.15, 0.2) is 41.4 Å². The number of carbonyl (C=O) groups excluding carboxylic acids is 1. The number of halogens is 1. The van der Waals surface area contributed by atoms with Crippen molar-refractivity contribution in [3.63, 3.8) is 0 Å². The zero-order chi connectivity index (χ0) is 18.7. The van der Waals surface area contributed by atoms with Gasteiger partial charge in [0.2, 0.25) is 10.0 Å². The largest absolute Gasteiger partial charge is 0.495 e. The molecule has 0 bridgehead atoms. The van der Waals surface area contributed by atoms with E-state index in [1.165, 1.54) is 25.3 Å². The molecule has 1 aliphatic rings. The molecule has 138 valence electrons. The predicted molar refractivity (Wildman–Crippen MR) is 96.8 cm³/mol. The van der Waals surface area contributed by atoms with Gasteiger partial charge in [0.25, 0.3) is 5.91 Å². The number of hydrogen-bond donors (Lipinski definition) is 2. The number of rotatable bonds is 7. The van der Waals surface area contributed by atoms with Crippen LogP contribution in [-0.4, -0.2) is 32.5 Å². The van der Waals surface area contributed by atoms with Gasteiger partial charge in [-0.3, -0.25) is 9.78 Å². The minimum atomic E-state index is -3.75. The van der Waals surface area contributed by atoms with E-state index in [1.807, 2.05) is 0 Å². The Kier molecular flexibility index (Phi) is 5.45. The van der Waals surface area contributed by atoms with Gasteiger partial charge in [-0.05, 0) is 43.2 Å². The lowest BCUT2D eigenvalue weighted by atomic mass is 10.2. The number of nitrogens with one attached hydrogen (secondary N) is 2. The van der Waals surface area contributed by atoms with Gasteiger partial charge in [0.05, 0.1) is 19.3 Å². The second kappa shape index (κ2) is 7.61. The molecule has 3 rings (SSSR count). The first-order valence-electron chi connectivity index (χ1n) is 7.98. The number of hydrogen-bond acceptors (Lipinski definition) is 5. The molecule has 0 atom stereocenters. The molecule has 0 spiro atoms. The van der Waals surface area contributed by atoms with E-state index < -0.39 is 15.9 Å². The van der Waals surface area contributed by atoms with Crippen LogP contribution in [0, 0.1) is 0 Å². The van der Waals surface area contributed by atoms with Gasteiger partial charge in [0, 0.05) is 22.8 Å². The molecule has 0 unspecified atom stereocenters. The number of nitrogens with zero attached hydrogens (tertiary/aromatic N) is 1. The fourth-order valence-electron chi connectivity index (χ4n) is 2.33. The Labute approximate surface area is 156 Å². The minimum absolute atomic E-state index is 0.0453. The van der Waals surface area contributed by atoms with E-state index in [9.17, 15) is 13.2 Å². The number of methoxy groups -OCH3 is 1.